The number of carbonyl (C=O) groups excluding carboxylic acids is 1. The van der Waals surface area contributed by atoms with Crippen molar-refractivity contribution in [2.75, 3.05) is 41.6 Å². The van der Waals surface area contributed by atoms with Gasteiger partial charge in [0.15, 0.2) is 16.7 Å². The molecule has 13 heteroatoms. The molecule has 2 aromatic rings. The highest BCUT2D eigenvalue weighted by Gasteiger charge is 2.35. The zero-order chi connectivity index (χ0) is 22.6. The van der Waals surface area contributed by atoms with Gasteiger partial charge in [0.25, 0.3) is 0 Å². The van der Waals surface area contributed by atoms with E-state index in [9.17, 15) is 26.4 Å². The van der Waals surface area contributed by atoms with Gasteiger partial charge >= 0.3 is 6.18 Å². The Morgan fingerprint density at radius 1 is 1.03 bits per heavy atom. The third kappa shape index (κ3) is 6.96. The van der Waals surface area contributed by atoms with Crippen LogP contribution in [0.5, 0.6) is 0 Å². The van der Waals surface area contributed by atoms with Gasteiger partial charge in [0.1, 0.15) is 0 Å². The summed E-state index contributed by atoms with van der Waals surface area (Å²) in [6.45, 7) is 2.17. The zero-order valence-electron chi connectivity index (χ0n) is 16.1. The monoisotopic (exact) mass is 477 g/mol. The van der Waals surface area contributed by atoms with Crippen LogP contribution in [0, 0.1) is 0 Å². The molecule has 8 nitrogen and oxygen atoms in total. The number of nitrogens with one attached hydrogen (secondary N) is 1. The molecule has 0 radical (unpaired) electrons. The molecule has 2 heterocycles. The highest BCUT2D eigenvalue weighted by molar-refractivity contribution is 7.92. The van der Waals surface area contributed by atoms with Gasteiger partial charge in [-0.3, -0.25) is 9.52 Å². The van der Waals surface area contributed by atoms with Crippen molar-refractivity contribution >= 4 is 39.0 Å². The number of hydrogen-bond acceptors (Lipinski definition) is 6. The molecule has 0 unspecified atom stereocenters. The quantitative estimate of drug-likeness (QED) is 0.686. The van der Waals surface area contributed by atoms with Crippen LogP contribution < -0.4 is 9.62 Å². The number of amides is 1. The summed E-state index contributed by atoms with van der Waals surface area (Å²) in [5.41, 5.74) is 0.618. The van der Waals surface area contributed by atoms with Crippen molar-refractivity contribution in [3.63, 3.8) is 0 Å². The third-order valence-electron chi connectivity index (χ3n) is 4.51. The lowest BCUT2D eigenvalue weighted by Gasteiger charge is -2.35. The summed E-state index contributed by atoms with van der Waals surface area (Å²) in [7, 11) is -4.55. The molecule has 1 aliphatic heterocycles. The molecule has 1 fully saturated rings. The number of rotatable bonds is 6. The molecule has 1 N–H and O–H groups in total. The maximum atomic E-state index is 12.6. The summed E-state index contributed by atoms with van der Waals surface area (Å²) in [5, 5.41) is 8.13. The van der Waals surface area contributed by atoms with Crippen LogP contribution >= 0.6 is 11.6 Å². The van der Waals surface area contributed by atoms with E-state index < -0.39 is 22.0 Å². The molecule has 0 atom stereocenters. The topological polar surface area (TPSA) is 95.5 Å². The smallest absolute Gasteiger partial charge is 0.352 e. The van der Waals surface area contributed by atoms with Crippen molar-refractivity contribution in [3.8, 4) is 0 Å². The van der Waals surface area contributed by atoms with Gasteiger partial charge in [0.05, 0.1) is 6.42 Å². The Hall–Kier alpha value is -2.60. The SMILES string of the molecule is O=C(Cc1ccc(NS(=O)(=O)CC(F)(F)F)cc1)N1CCN(c2ccc(Cl)nn2)CC1. The first kappa shape index (κ1) is 23.1. The molecule has 0 bridgehead atoms. The van der Waals surface area contributed by atoms with E-state index in [-0.39, 0.29) is 18.0 Å². The molecular formula is C18H19ClF3N5O3S. The Labute approximate surface area is 182 Å². The van der Waals surface area contributed by atoms with E-state index in [1.54, 1.807) is 17.0 Å². The first-order valence-corrected chi connectivity index (χ1v) is 11.2. The summed E-state index contributed by atoms with van der Waals surface area (Å²) >= 11 is 5.74. The van der Waals surface area contributed by atoms with Crippen LogP contribution in [0.25, 0.3) is 0 Å². The molecule has 31 heavy (non-hydrogen) atoms. The summed E-state index contributed by atoms with van der Waals surface area (Å²) in [4.78, 5) is 16.3. The van der Waals surface area contributed by atoms with Gasteiger partial charge in [-0.2, -0.15) is 13.2 Å². The Morgan fingerprint density at radius 2 is 1.68 bits per heavy atom. The molecule has 1 aromatic heterocycles. The first-order chi connectivity index (χ1) is 14.5. The van der Waals surface area contributed by atoms with Crippen LogP contribution in [0.15, 0.2) is 36.4 Å². The van der Waals surface area contributed by atoms with Gasteiger partial charge in [0.2, 0.25) is 15.9 Å². The van der Waals surface area contributed by atoms with E-state index in [1.807, 2.05) is 9.62 Å². The Bertz CT molecular complexity index is 1010. The molecule has 1 aliphatic rings. The second kappa shape index (κ2) is 9.27. The second-order valence-corrected chi connectivity index (χ2v) is 9.04. The van der Waals surface area contributed by atoms with Crippen LogP contribution in [0.2, 0.25) is 5.15 Å². The zero-order valence-corrected chi connectivity index (χ0v) is 17.7. The predicted octanol–water partition coefficient (Wildman–Crippen LogP) is 2.33. The average Bonchev–Trinajstić information content (AvgIpc) is 2.68. The van der Waals surface area contributed by atoms with Crippen LogP contribution in [0.1, 0.15) is 5.56 Å². The molecule has 1 aromatic carbocycles. The van der Waals surface area contributed by atoms with E-state index >= 15 is 0 Å². The van der Waals surface area contributed by atoms with Crippen LogP contribution in [0.4, 0.5) is 24.7 Å². The standard InChI is InChI=1S/C18H19ClF3N5O3S/c19-15-5-6-16(24-23-15)26-7-9-27(10-8-26)17(28)11-13-1-3-14(4-2-13)25-31(29,30)12-18(20,21)22/h1-6,25H,7-12H2. The number of halogens is 4. The number of hydrogen-bond donors (Lipinski definition) is 1. The van der Waals surface area contributed by atoms with Gasteiger partial charge in [-0.05, 0) is 29.8 Å². The Morgan fingerprint density at radius 3 is 2.23 bits per heavy atom. The molecule has 0 aliphatic carbocycles. The minimum Gasteiger partial charge on any atom is -0.352 e. The Kier molecular flexibility index (Phi) is 6.90. The molecule has 1 saturated heterocycles. The predicted molar refractivity (Wildman–Crippen MR) is 109 cm³/mol. The largest absolute Gasteiger partial charge is 0.404 e. The summed E-state index contributed by atoms with van der Waals surface area (Å²) in [6, 6.07) is 9.07. The summed E-state index contributed by atoms with van der Waals surface area (Å²) in [6.07, 6.45) is -4.74. The maximum Gasteiger partial charge on any atom is 0.404 e. The van der Waals surface area contributed by atoms with Gasteiger partial charge in [0, 0.05) is 31.9 Å². The van der Waals surface area contributed by atoms with E-state index in [4.69, 9.17) is 11.6 Å². The van der Waals surface area contributed by atoms with Crippen LogP contribution in [0.3, 0.4) is 0 Å². The van der Waals surface area contributed by atoms with Crippen LogP contribution in [-0.2, 0) is 21.2 Å². The number of benzene rings is 1. The highest BCUT2D eigenvalue weighted by Crippen LogP contribution is 2.20. The van der Waals surface area contributed by atoms with E-state index in [1.165, 1.54) is 24.3 Å². The van der Waals surface area contributed by atoms with Crippen molar-refractivity contribution in [1.82, 2.24) is 15.1 Å². The van der Waals surface area contributed by atoms with Crippen molar-refractivity contribution in [1.29, 1.82) is 0 Å². The van der Waals surface area contributed by atoms with Gasteiger partial charge in [-0.15, -0.1) is 10.2 Å². The lowest BCUT2D eigenvalue weighted by molar-refractivity contribution is -0.130. The number of alkyl halides is 3. The van der Waals surface area contributed by atoms with Crippen molar-refractivity contribution in [3.05, 3.63) is 47.1 Å². The molecule has 3 rings (SSSR count). The normalized spacial score (nSPS) is 15.1. The molecular weight excluding hydrogens is 459 g/mol. The van der Waals surface area contributed by atoms with E-state index in [0.717, 1.165) is 0 Å². The minimum atomic E-state index is -4.83. The summed E-state index contributed by atoms with van der Waals surface area (Å²) in [5.74, 6) is -1.39. The van der Waals surface area contributed by atoms with E-state index in [2.05, 4.69) is 10.2 Å². The van der Waals surface area contributed by atoms with Crippen molar-refractivity contribution in [2.24, 2.45) is 0 Å². The van der Waals surface area contributed by atoms with Gasteiger partial charge in [-0.25, -0.2) is 8.42 Å². The highest BCUT2D eigenvalue weighted by atomic mass is 35.5. The van der Waals surface area contributed by atoms with Gasteiger partial charge < -0.3 is 9.80 Å². The maximum absolute atomic E-state index is 12.6. The number of aromatic nitrogens is 2. The van der Waals surface area contributed by atoms with Gasteiger partial charge in [-0.1, -0.05) is 23.7 Å². The molecule has 1 amide bonds. The van der Waals surface area contributed by atoms with E-state index in [0.29, 0.717) is 42.7 Å². The second-order valence-electron chi connectivity index (χ2n) is 6.93. The summed E-state index contributed by atoms with van der Waals surface area (Å²) < 4.78 is 61.8. The first-order valence-electron chi connectivity index (χ1n) is 9.19. The number of anilines is 2. The lowest BCUT2D eigenvalue weighted by atomic mass is 10.1. The number of nitrogens with zero attached hydrogens (tertiary/aromatic N) is 4. The number of carbonyl (C=O) groups is 1. The van der Waals surface area contributed by atoms with Crippen molar-refractivity contribution in [2.45, 2.75) is 12.6 Å². The number of piperazine rings is 1. The average molecular weight is 478 g/mol. The number of sulfonamides is 1. The fourth-order valence-electron chi connectivity index (χ4n) is 3.07. The third-order valence-corrected chi connectivity index (χ3v) is 5.97. The molecule has 0 spiro atoms. The fourth-order valence-corrected chi connectivity index (χ4v) is 4.17. The molecule has 168 valence electrons. The fraction of sp³-hybridized carbons (Fsp3) is 0.389. The Balaban J connectivity index is 1.51. The minimum absolute atomic E-state index is 0.00172. The molecule has 0 saturated carbocycles. The lowest BCUT2D eigenvalue weighted by Crippen LogP contribution is -2.49. The van der Waals surface area contributed by atoms with Crippen molar-refractivity contribution < 1.29 is 26.4 Å². The van der Waals surface area contributed by atoms with Crippen LogP contribution in [-0.4, -0.2) is 67.5 Å².